The predicted molar refractivity (Wildman–Crippen MR) is 178 cm³/mol. The molecular weight excluding hydrogens is 565 g/mol. The topological polar surface area (TPSA) is 76.8 Å². The van der Waals surface area contributed by atoms with E-state index in [1.54, 1.807) is 11.8 Å². The molecule has 8 heteroatoms. The van der Waals surface area contributed by atoms with E-state index in [1.165, 1.54) is 11.1 Å². The van der Waals surface area contributed by atoms with E-state index >= 15 is 0 Å². The molecule has 0 spiro atoms. The molecule has 1 aliphatic rings. The number of nitrogens with zero attached hydrogens (tertiary/aromatic N) is 4. The first-order chi connectivity index (χ1) is 21.5. The molecule has 7 nitrogen and oxygen atoms in total. The first-order valence-corrected chi connectivity index (χ1v) is 15.6. The molecule has 2 aromatic heterocycles. The SMILES string of the molecule is CC1=C(C(=O)Nc2ccccc2C)C(c2cn(Cc3ccccc3)c3ccccc23)n2nc(SCc3ccccc3)nc2N1. The molecule has 3 heterocycles. The largest absolute Gasteiger partial charge is 0.343 e. The number of nitrogens with one attached hydrogen (secondary N) is 2. The Kier molecular flexibility index (Phi) is 7.50. The fraction of sp³-hybridized carbons (Fsp3) is 0.139. The van der Waals surface area contributed by atoms with Gasteiger partial charge in [-0.2, -0.15) is 4.98 Å². The maximum absolute atomic E-state index is 14.2. The van der Waals surface area contributed by atoms with Gasteiger partial charge in [0.2, 0.25) is 11.1 Å². The number of thioether (sulfide) groups is 1. The lowest BCUT2D eigenvalue weighted by molar-refractivity contribution is -0.113. The highest BCUT2D eigenvalue weighted by Crippen LogP contribution is 2.40. The minimum absolute atomic E-state index is 0.172. The average molecular weight is 597 g/mol. The average Bonchev–Trinajstić information content (AvgIpc) is 3.62. The third-order valence-corrected chi connectivity index (χ3v) is 8.90. The van der Waals surface area contributed by atoms with E-state index < -0.39 is 6.04 Å². The van der Waals surface area contributed by atoms with E-state index in [0.29, 0.717) is 23.2 Å². The van der Waals surface area contributed by atoms with E-state index in [0.717, 1.165) is 39.2 Å². The molecule has 0 saturated heterocycles. The van der Waals surface area contributed by atoms with Crippen LogP contribution < -0.4 is 10.6 Å². The molecule has 0 saturated carbocycles. The van der Waals surface area contributed by atoms with Crippen LogP contribution in [0, 0.1) is 6.92 Å². The Morgan fingerprint density at radius 2 is 1.55 bits per heavy atom. The van der Waals surface area contributed by atoms with Gasteiger partial charge in [0.15, 0.2) is 0 Å². The molecule has 1 aliphatic heterocycles. The van der Waals surface area contributed by atoms with Crippen molar-refractivity contribution < 1.29 is 4.79 Å². The van der Waals surface area contributed by atoms with Crippen molar-refractivity contribution >= 4 is 40.2 Å². The molecule has 1 atom stereocenters. The number of hydrogen-bond donors (Lipinski definition) is 2. The number of aromatic nitrogens is 4. The zero-order chi connectivity index (χ0) is 30.0. The molecule has 0 radical (unpaired) electrons. The summed E-state index contributed by atoms with van der Waals surface area (Å²) in [6.07, 6.45) is 2.17. The van der Waals surface area contributed by atoms with Crippen molar-refractivity contribution in [1.82, 2.24) is 19.3 Å². The van der Waals surface area contributed by atoms with Crippen molar-refractivity contribution in [3.63, 3.8) is 0 Å². The molecule has 44 heavy (non-hydrogen) atoms. The molecule has 2 N–H and O–H groups in total. The van der Waals surface area contributed by atoms with E-state index in [-0.39, 0.29) is 5.91 Å². The zero-order valence-electron chi connectivity index (χ0n) is 24.6. The Balaban J connectivity index is 1.33. The summed E-state index contributed by atoms with van der Waals surface area (Å²) in [5.74, 6) is 1.20. The van der Waals surface area contributed by atoms with Crippen LogP contribution in [-0.2, 0) is 17.1 Å². The highest BCUT2D eigenvalue weighted by atomic mass is 32.2. The first kappa shape index (κ1) is 27.7. The van der Waals surface area contributed by atoms with Crippen LogP contribution in [0.4, 0.5) is 11.6 Å². The Bertz CT molecular complexity index is 1990. The Labute approximate surface area is 260 Å². The van der Waals surface area contributed by atoms with Crippen molar-refractivity contribution in [2.45, 2.75) is 37.3 Å². The smallest absolute Gasteiger partial charge is 0.255 e. The van der Waals surface area contributed by atoms with E-state index in [4.69, 9.17) is 10.1 Å². The molecule has 0 aliphatic carbocycles. The van der Waals surface area contributed by atoms with Gasteiger partial charge in [-0.1, -0.05) is 109 Å². The number of allylic oxidation sites excluding steroid dienone is 1. The molecule has 1 unspecified atom stereocenters. The summed E-state index contributed by atoms with van der Waals surface area (Å²) in [5.41, 5.74) is 7.64. The van der Waals surface area contributed by atoms with Gasteiger partial charge < -0.3 is 15.2 Å². The maximum Gasteiger partial charge on any atom is 0.255 e. The number of anilines is 2. The summed E-state index contributed by atoms with van der Waals surface area (Å²) >= 11 is 1.58. The van der Waals surface area contributed by atoms with Gasteiger partial charge in [0.05, 0.1) is 5.57 Å². The van der Waals surface area contributed by atoms with Crippen molar-refractivity contribution in [2.24, 2.45) is 0 Å². The Hall–Kier alpha value is -5.08. The number of fused-ring (bicyclic) bond motifs is 2. The second-order valence-corrected chi connectivity index (χ2v) is 11.9. The molecule has 1 amide bonds. The fourth-order valence-electron chi connectivity index (χ4n) is 5.80. The molecule has 4 aromatic carbocycles. The molecule has 7 rings (SSSR count). The Morgan fingerprint density at radius 3 is 2.32 bits per heavy atom. The predicted octanol–water partition coefficient (Wildman–Crippen LogP) is 7.81. The number of carbonyl (C=O) groups is 1. The van der Waals surface area contributed by atoms with Gasteiger partial charge in [0.25, 0.3) is 5.91 Å². The van der Waals surface area contributed by atoms with Crippen LogP contribution >= 0.6 is 11.8 Å². The number of carbonyl (C=O) groups excluding carboxylic acids is 1. The number of benzene rings is 4. The summed E-state index contributed by atoms with van der Waals surface area (Å²) in [6, 6.07) is 36.4. The second kappa shape index (κ2) is 11.9. The van der Waals surface area contributed by atoms with Crippen molar-refractivity contribution in [3.8, 4) is 0 Å². The summed E-state index contributed by atoms with van der Waals surface area (Å²) < 4.78 is 4.14. The lowest BCUT2D eigenvalue weighted by atomic mass is 9.94. The monoisotopic (exact) mass is 596 g/mol. The Morgan fingerprint density at radius 1 is 0.864 bits per heavy atom. The molecule has 6 aromatic rings. The minimum atomic E-state index is -0.490. The lowest BCUT2D eigenvalue weighted by Gasteiger charge is -2.28. The van der Waals surface area contributed by atoms with Gasteiger partial charge in [0, 0.05) is 46.3 Å². The third kappa shape index (κ3) is 5.40. The van der Waals surface area contributed by atoms with Gasteiger partial charge in [-0.3, -0.25) is 4.79 Å². The van der Waals surface area contributed by atoms with Gasteiger partial charge in [-0.25, -0.2) is 4.68 Å². The van der Waals surface area contributed by atoms with Crippen LogP contribution in [0.2, 0.25) is 0 Å². The van der Waals surface area contributed by atoms with Crippen LogP contribution in [0.5, 0.6) is 0 Å². The second-order valence-electron chi connectivity index (χ2n) is 11.0. The van der Waals surface area contributed by atoms with Crippen LogP contribution in [-0.4, -0.2) is 25.2 Å². The van der Waals surface area contributed by atoms with Crippen molar-refractivity contribution in [2.75, 3.05) is 10.6 Å². The summed E-state index contributed by atoms with van der Waals surface area (Å²) in [4.78, 5) is 19.1. The highest BCUT2D eigenvalue weighted by molar-refractivity contribution is 7.98. The summed E-state index contributed by atoms with van der Waals surface area (Å²) in [7, 11) is 0. The quantitative estimate of drug-likeness (QED) is 0.175. The summed E-state index contributed by atoms with van der Waals surface area (Å²) in [6.45, 7) is 4.65. The number of para-hydroxylation sites is 2. The number of amides is 1. The minimum Gasteiger partial charge on any atom is -0.343 e. The van der Waals surface area contributed by atoms with E-state index in [2.05, 4.69) is 76.0 Å². The molecule has 0 fully saturated rings. The third-order valence-electron chi connectivity index (χ3n) is 7.99. The maximum atomic E-state index is 14.2. The molecule has 0 bridgehead atoms. The number of rotatable bonds is 8. The molecular formula is C36H32N6OS. The van der Waals surface area contributed by atoms with Gasteiger partial charge in [0.1, 0.15) is 6.04 Å². The summed E-state index contributed by atoms with van der Waals surface area (Å²) in [5, 5.41) is 13.3. The van der Waals surface area contributed by atoms with Gasteiger partial charge in [-0.15, -0.1) is 5.10 Å². The normalized spacial score (nSPS) is 14.4. The highest BCUT2D eigenvalue weighted by Gasteiger charge is 2.36. The van der Waals surface area contributed by atoms with Crippen LogP contribution in [0.1, 0.15) is 35.2 Å². The van der Waals surface area contributed by atoms with Crippen LogP contribution in [0.25, 0.3) is 10.9 Å². The van der Waals surface area contributed by atoms with E-state index in [1.807, 2.05) is 73.1 Å². The van der Waals surface area contributed by atoms with Gasteiger partial charge >= 0.3 is 0 Å². The van der Waals surface area contributed by atoms with Crippen molar-refractivity contribution in [3.05, 3.63) is 149 Å². The van der Waals surface area contributed by atoms with Crippen LogP contribution in [0.3, 0.4) is 0 Å². The van der Waals surface area contributed by atoms with Crippen molar-refractivity contribution in [1.29, 1.82) is 0 Å². The zero-order valence-corrected chi connectivity index (χ0v) is 25.4. The fourth-order valence-corrected chi connectivity index (χ4v) is 6.59. The number of aryl methyl sites for hydroxylation is 1. The van der Waals surface area contributed by atoms with E-state index in [9.17, 15) is 4.79 Å². The standard InChI is InChI=1S/C36H32N6OS/c1-24-13-9-11-19-30(24)38-34(43)32-25(2)37-35-39-36(44-23-27-16-7-4-8-17-27)40-42(35)33(32)29-22-41(21-26-14-5-3-6-15-26)31-20-12-10-18-28(29)31/h3-20,22,33H,21,23H2,1-2H3,(H,38,43)(H,37,39,40). The first-order valence-electron chi connectivity index (χ1n) is 14.6. The number of hydrogen-bond acceptors (Lipinski definition) is 5. The molecule has 218 valence electrons. The van der Waals surface area contributed by atoms with Gasteiger partial charge in [-0.05, 0) is 42.7 Å². The lowest BCUT2D eigenvalue weighted by Crippen LogP contribution is -2.31. The van der Waals surface area contributed by atoms with Crippen LogP contribution in [0.15, 0.2) is 132 Å².